The van der Waals surface area contributed by atoms with Gasteiger partial charge in [0.2, 0.25) is 5.91 Å². The van der Waals surface area contributed by atoms with Gasteiger partial charge in [-0.25, -0.2) is 0 Å². The van der Waals surface area contributed by atoms with Crippen LogP contribution in [-0.2, 0) is 11.0 Å². The molecule has 0 saturated carbocycles. The average Bonchev–Trinajstić information content (AvgIpc) is 2.92. The van der Waals surface area contributed by atoms with Crippen LogP contribution in [-0.4, -0.2) is 34.9 Å². The third kappa shape index (κ3) is 4.11. The maximum absolute atomic E-state index is 12.8. The van der Waals surface area contributed by atoms with Crippen LogP contribution in [0.1, 0.15) is 25.3 Å². The SMILES string of the molecule is CC(=O)N1CCCC1COc1cc([N+](=O)[O-])cc(C(F)(F)F)c1. The fourth-order valence-electron chi connectivity index (χ4n) is 2.55. The van der Waals surface area contributed by atoms with E-state index in [1.807, 2.05) is 0 Å². The Morgan fingerprint density at radius 3 is 2.70 bits per heavy atom. The van der Waals surface area contributed by atoms with Gasteiger partial charge in [-0.2, -0.15) is 13.2 Å². The number of nitro groups is 1. The minimum Gasteiger partial charge on any atom is -0.491 e. The standard InChI is InChI=1S/C14H15F3N2O4/c1-9(20)18-4-2-3-11(18)8-23-13-6-10(14(15,16)17)5-12(7-13)19(21)22/h5-7,11H,2-4,8H2,1H3. The number of amides is 1. The van der Waals surface area contributed by atoms with E-state index in [4.69, 9.17) is 4.74 Å². The van der Waals surface area contributed by atoms with Gasteiger partial charge < -0.3 is 9.64 Å². The number of ether oxygens (including phenoxy) is 1. The van der Waals surface area contributed by atoms with Crippen molar-refractivity contribution in [1.82, 2.24) is 4.90 Å². The molecule has 1 aliphatic heterocycles. The first-order valence-corrected chi connectivity index (χ1v) is 6.95. The Balaban J connectivity index is 2.17. The van der Waals surface area contributed by atoms with Crippen LogP contribution in [0.3, 0.4) is 0 Å². The number of halogens is 3. The molecule has 2 rings (SSSR count). The lowest BCUT2D eigenvalue weighted by Gasteiger charge is -2.23. The first-order valence-electron chi connectivity index (χ1n) is 6.95. The molecule has 0 bridgehead atoms. The summed E-state index contributed by atoms with van der Waals surface area (Å²) in [6, 6.07) is 1.90. The minimum absolute atomic E-state index is 0.00194. The van der Waals surface area contributed by atoms with Crippen molar-refractivity contribution in [1.29, 1.82) is 0 Å². The maximum atomic E-state index is 12.8. The predicted octanol–water partition coefficient (Wildman–Crippen LogP) is 3.00. The van der Waals surface area contributed by atoms with E-state index in [0.29, 0.717) is 19.0 Å². The molecule has 9 heteroatoms. The number of nitrogens with zero attached hydrogens (tertiary/aromatic N) is 2. The molecule has 0 aliphatic carbocycles. The van der Waals surface area contributed by atoms with Crippen molar-refractivity contribution in [3.63, 3.8) is 0 Å². The molecule has 126 valence electrons. The van der Waals surface area contributed by atoms with Crippen molar-refractivity contribution in [3.8, 4) is 5.75 Å². The van der Waals surface area contributed by atoms with Gasteiger partial charge >= 0.3 is 6.18 Å². The van der Waals surface area contributed by atoms with Crippen molar-refractivity contribution in [2.75, 3.05) is 13.2 Å². The normalized spacial score (nSPS) is 18.1. The molecular weight excluding hydrogens is 317 g/mol. The highest BCUT2D eigenvalue weighted by Crippen LogP contribution is 2.35. The average molecular weight is 332 g/mol. The number of non-ortho nitro benzene ring substituents is 1. The third-order valence-electron chi connectivity index (χ3n) is 3.65. The molecule has 1 aliphatic rings. The second kappa shape index (κ2) is 6.43. The Morgan fingerprint density at radius 1 is 1.43 bits per heavy atom. The Hall–Kier alpha value is -2.32. The Labute approximate surface area is 130 Å². The number of nitro benzene ring substituents is 1. The van der Waals surface area contributed by atoms with Crippen molar-refractivity contribution in [2.45, 2.75) is 32.0 Å². The fraction of sp³-hybridized carbons (Fsp3) is 0.500. The molecule has 1 aromatic rings. The number of benzene rings is 1. The minimum atomic E-state index is -4.71. The quantitative estimate of drug-likeness (QED) is 0.627. The zero-order valence-corrected chi connectivity index (χ0v) is 12.3. The van der Waals surface area contributed by atoms with Gasteiger partial charge in [0, 0.05) is 19.5 Å². The smallest absolute Gasteiger partial charge is 0.416 e. The molecule has 1 saturated heterocycles. The van der Waals surface area contributed by atoms with Crippen molar-refractivity contribution >= 4 is 11.6 Å². The first-order chi connectivity index (χ1) is 10.7. The van der Waals surface area contributed by atoms with E-state index >= 15 is 0 Å². The van der Waals surface area contributed by atoms with Gasteiger partial charge in [0.1, 0.15) is 12.4 Å². The van der Waals surface area contributed by atoms with E-state index in [1.54, 1.807) is 4.90 Å². The molecule has 1 atom stereocenters. The maximum Gasteiger partial charge on any atom is 0.416 e. The van der Waals surface area contributed by atoms with E-state index in [1.165, 1.54) is 6.92 Å². The molecule has 0 N–H and O–H groups in total. The molecule has 1 unspecified atom stereocenters. The molecule has 0 aromatic heterocycles. The number of hydrogen-bond donors (Lipinski definition) is 0. The number of carbonyl (C=O) groups excluding carboxylic acids is 1. The predicted molar refractivity (Wildman–Crippen MR) is 74.0 cm³/mol. The largest absolute Gasteiger partial charge is 0.491 e. The van der Waals surface area contributed by atoms with E-state index < -0.39 is 22.4 Å². The second-order valence-corrected chi connectivity index (χ2v) is 5.29. The number of alkyl halides is 3. The Bertz CT molecular complexity index is 619. The van der Waals surface area contributed by atoms with E-state index in [-0.39, 0.29) is 24.3 Å². The van der Waals surface area contributed by atoms with Crippen LogP contribution >= 0.6 is 0 Å². The first kappa shape index (κ1) is 17.0. The van der Waals surface area contributed by atoms with Crippen molar-refractivity contribution in [3.05, 3.63) is 33.9 Å². The van der Waals surface area contributed by atoms with Crippen LogP contribution in [0, 0.1) is 10.1 Å². The van der Waals surface area contributed by atoms with Gasteiger partial charge in [-0.1, -0.05) is 0 Å². The van der Waals surface area contributed by atoms with E-state index in [2.05, 4.69) is 0 Å². The molecule has 1 aromatic carbocycles. The monoisotopic (exact) mass is 332 g/mol. The zero-order valence-electron chi connectivity index (χ0n) is 12.3. The van der Waals surface area contributed by atoms with Gasteiger partial charge in [-0.05, 0) is 18.9 Å². The molecule has 0 spiro atoms. The molecule has 0 radical (unpaired) electrons. The van der Waals surface area contributed by atoms with Crippen LogP contribution in [0.5, 0.6) is 5.75 Å². The van der Waals surface area contributed by atoms with Crippen LogP contribution in [0.25, 0.3) is 0 Å². The number of likely N-dealkylation sites (tertiary alicyclic amines) is 1. The van der Waals surface area contributed by atoms with Gasteiger partial charge in [-0.3, -0.25) is 14.9 Å². The summed E-state index contributed by atoms with van der Waals surface area (Å²) in [5.74, 6) is -0.368. The fourth-order valence-corrected chi connectivity index (χ4v) is 2.55. The Kier molecular flexibility index (Phi) is 4.76. The van der Waals surface area contributed by atoms with E-state index in [0.717, 1.165) is 18.6 Å². The van der Waals surface area contributed by atoms with Crippen LogP contribution < -0.4 is 4.74 Å². The van der Waals surface area contributed by atoms with Crippen LogP contribution in [0.4, 0.5) is 18.9 Å². The van der Waals surface area contributed by atoms with Crippen LogP contribution in [0.15, 0.2) is 18.2 Å². The second-order valence-electron chi connectivity index (χ2n) is 5.29. The Morgan fingerprint density at radius 2 is 2.13 bits per heavy atom. The lowest BCUT2D eigenvalue weighted by Crippen LogP contribution is -2.37. The van der Waals surface area contributed by atoms with Crippen molar-refractivity contribution in [2.24, 2.45) is 0 Å². The molecule has 1 fully saturated rings. The number of rotatable bonds is 4. The summed E-state index contributed by atoms with van der Waals surface area (Å²) >= 11 is 0. The molecular formula is C14H15F3N2O4. The summed E-state index contributed by atoms with van der Waals surface area (Å²) in [6.07, 6.45) is -3.24. The molecule has 1 amide bonds. The lowest BCUT2D eigenvalue weighted by molar-refractivity contribution is -0.385. The van der Waals surface area contributed by atoms with Crippen LogP contribution in [0.2, 0.25) is 0 Å². The molecule has 23 heavy (non-hydrogen) atoms. The van der Waals surface area contributed by atoms with Gasteiger partial charge in [0.05, 0.1) is 22.6 Å². The van der Waals surface area contributed by atoms with Gasteiger partial charge in [0.15, 0.2) is 0 Å². The topological polar surface area (TPSA) is 72.7 Å². The van der Waals surface area contributed by atoms with Crippen molar-refractivity contribution < 1.29 is 27.6 Å². The molecule has 1 heterocycles. The van der Waals surface area contributed by atoms with Gasteiger partial charge in [0.25, 0.3) is 5.69 Å². The summed E-state index contributed by atoms with van der Waals surface area (Å²) in [5, 5.41) is 10.8. The summed E-state index contributed by atoms with van der Waals surface area (Å²) in [7, 11) is 0. The summed E-state index contributed by atoms with van der Waals surface area (Å²) in [5.41, 5.74) is -1.83. The number of carbonyl (C=O) groups is 1. The highest BCUT2D eigenvalue weighted by molar-refractivity contribution is 5.73. The lowest BCUT2D eigenvalue weighted by atomic mass is 10.2. The third-order valence-corrected chi connectivity index (χ3v) is 3.65. The summed E-state index contributed by atoms with van der Waals surface area (Å²) in [6.45, 7) is 1.98. The zero-order chi connectivity index (χ0) is 17.2. The highest BCUT2D eigenvalue weighted by atomic mass is 19.4. The summed E-state index contributed by atoms with van der Waals surface area (Å²) < 4.78 is 43.7. The summed E-state index contributed by atoms with van der Waals surface area (Å²) in [4.78, 5) is 22.9. The van der Waals surface area contributed by atoms with Gasteiger partial charge in [-0.15, -0.1) is 0 Å². The van der Waals surface area contributed by atoms with E-state index in [9.17, 15) is 28.1 Å². The molecule has 6 nitrogen and oxygen atoms in total. The highest BCUT2D eigenvalue weighted by Gasteiger charge is 2.33. The number of hydrogen-bond acceptors (Lipinski definition) is 4.